The number of fused-ring (bicyclic) bond motifs is 1. The first-order valence-corrected chi connectivity index (χ1v) is 5.37. The molecule has 0 unspecified atom stereocenters. The third kappa shape index (κ3) is 2.07. The molecule has 0 bridgehead atoms. The summed E-state index contributed by atoms with van der Waals surface area (Å²) in [5.74, 6) is -0.277. The number of halogens is 1. The predicted molar refractivity (Wildman–Crippen MR) is 59.0 cm³/mol. The summed E-state index contributed by atoms with van der Waals surface area (Å²) in [4.78, 5) is 13.0. The molecule has 0 aliphatic carbocycles. The number of carbonyl (C=O) groups excluding carboxylic acids is 1. The van der Waals surface area contributed by atoms with Gasteiger partial charge in [0.1, 0.15) is 5.82 Å². The molecule has 2 rings (SSSR count). The Hall–Kier alpha value is -1.42. The molecule has 0 fully saturated rings. The second-order valence-electron chi connectivity index (χ2n) is 4.18. The lowest BCUT2D eigenvalue weighted by molar-refractivity contribution is -0.129. The Balaban J connectivity index is 2.38. The zero-order chi connectivity index (χ0) is 11.7. The highest BCUT2D eigenvalue weighted by Crippen LogP contribution is 2.25. The minimum Gasteiger partial charge on any atom is -0.339 e. The van der Waals surface area contributed by atoms with E-state index in [9.17, 15) is 9.18 Å². The van der Waals surface area contributed by atoms with Crippen molar-refractivity contribution in [2.75, 3.05) is 6.54 Å². The lowest BCUT2D eigenvalue weighted by Gasteiger charge is -2.18. The third-order valence-electron chi connectivity index (χ3n) is 3.02. The van der Waals surface area contributed by atoms with Gasteiger partial charge in [-0.15, -0.1) is 0 Å². The van der Waals surface area contributed by atoms with Gasteiger partial charge in [0, 0.05) is 26.1 Å². The van der Waals surface area contributed by atoms with Crippen molar-refractivity contribution in [2.45, 2.75) is 25.9 Å². The predicted octanol–water partition coefficient (Wildman–Crippen LogP) is 1.58. The van der Waals surface area contributed by atoms with Crippen LogP contribution in [0.15, 0.2) is 18.2 Å². The first kappa shape index (κ1) is 11.1. The van der Waals surface area contributed by atoms with E-state index in [0.29, 0.717) is 13.1 Å². The van der Waals surface area contributed by atoms with Gasteiger partial charge in [0.2, 0.25) is 5.91 Å². The van der Waals surface area contributed by atoms with Crippen LogP contribution in [0.1, 0.15) is 30.5 Å². The second kappa shape index (κ2) is 4.22. The molecule has 1 aromatic carbocycles. The first-order valence-electron chi connectivity index (χ1n) is 5.37. The summed E-state index contributed by atoms with van der Waals surface area (Å²) in [7, 11) is 0. The number of rotatable bonds is 0. The molecule has 1 aliphatic heterocycles. The molecule has 1 heterocycles. The van der Waals surface area contributed by atoms with Gasteiger partial charge in [-0.2, -0.15) is 0 Å². The molecule has 0 saturated heterocycles. The summed E-state index contributed by atoms with van der Waals surface area (Å²) in [6.45, 7) is 2.61. The van der Waals surface area contributed by atoms with Crippen LogP contribution in [0, 0.1) is 5.82 Å². The van der Waals surface area contributed by atoms with Crippen molar-refractivity contribution in [1.82, 2.24) is 4.90 Å². The van der Waals surface area contributed by atoms with E-state index >= 15 is 0 Å². The van der Waals surface area contributed by atoms with Gasteiger partial charge < -0.3 is 10.6 Å². The third-order valence-corrected chi connectivity index (χ3v) is 3.02. The van der Waals surface area contributed by atoms with E-state index in [4.69, 9.17) is 5.73 Å². The minimum absolute atomic E-state index is 0.00399. The number of amides is 1. The molecule has 0 spiro atoms. The van der Waals surface area contributed by atoms with Crippen LogP contribution in [0.2, 0.25) is 0 Å². The fourth-order valence-corrected chi connectivity index (χ4v) is 2.08. The molecule has 0 aromatic heterocycles. The highest BCUT2D eigenvalue weighted by Gasteiger charge is 2.21. The van der Waals surface area contributed by atoms with Crippen LogP contribution in [0.25, 0.3) is 0 Å². The molecule has 1 aromatic rings. The van der Waals surface area contributed by atoms with E-state index in [1.807, 2.05) is 0 Å². The first-order chi connectivity index (χ1) is 7.58. The van der Waals surface area contributed by atoms with Crippen LogP contribution in [-0.4, -0.2) is 17.4 Å². The van der Waals surface area contributed by atoms with Crippen LogP contribution >= 0.6 is 0 Å². The molecule has 0 saturated carbocycles. The quantitative estimate of drug-likeness (QED) is 0.724. The van der Waals surface area contributed by atoms with E-state index < -0.39 is 0 Å². The van der Waals surface area contributed by atoms with Gasteiger partial charge in [-0.05, 0) is 29.7 Å². The normalized spacial score (nSPS) is 20.2. The smallest absolute Gasteiger partial charge is 0.219 e. The molecule has 1 aliphatic rings. The molecule has 1 amide bonds. The van der Waals surface area contributed by atoms with E-state index in [1.54, 1.807) is 11.0 Å². The molecule has 1 atom stereocenters. The number of carbonyl (C=O) groups is 1. The van der Waals surface area contributed by atoms with Crippen LogP contribution in [-0.2, 0) is 11.3 Å². The summed E-state index contributed by atoms with van der Waals surface area (Å²) >= 11 is 0. The van der Waals surface area contributed by atoms with Gasteiger partial charge >= 0.3 is 0 Å². The van der Waals surface area contributed by atoms with E-state index in [-0.39, 0.29) is 17.8 Å². The van der Waals surface area contributed by atoms with Gasteiger partial charge in [0.25, 0.3) is 0 Å². The Morgan fingerprint density at radius 1 is 1.56 bits per heavy atom. The fourth-order valence-electron chi connectivity index (χ4n) is 2.08. The van der Waals surface area contributed by atoms with Crippen molar-refractivity contribution in [3.05, 3.63) is 35.1 Å². The monoisotopic (exact) mass is 222 g/mol. The van der Waals surface area contributed by atoms with Crippen LogP contribution < -0.4 is 5.73 Å². The summed E-state index contributed by atoms with van der Waals surface area (Å²) < 4.78 is 13.1. The molecule has 16 heavy (non-hydrogen) atoms. The van der Waals surface area contributed by atoms with Gasteiger partial charge in [0.15, 0.2) is 0 Å². The number of nitrogens with two attached hydrogens (primary N) is 1. The molecule has 3 nitrogen and oxygen atoms in total. The maximum atomic E-state index is 13.1. The summed E-state index contributed by atoms with van der Waals surface area (Å²) in [6, 6.07) is 4.50. The number of hydrogen-bond donors (Lipinski definition) is 1. The zero-order valence-corrected chi connectivity index (χ0v) is 9.24. The molecular weight excluding hydrogens is 207 g/mol. The van der Waals surface area contributed by atoms with Crippen molar-refractivity contribution >= 4 is 5.91 Å². The van der Waals surface area contributed by atoms with Gasteiger partial charge in [0.05, 0.1) is 0 Å². The van der Waals surface area contributed by atoms with Crippen LogP contribution in [0.4, 0.5) is 4.39 Å². The molecule has 2 N–H and O–H groups in total. The lowest BCUT2D eigenvalue weighted by Crippen LogP contribution is -2.28. The van der Waals surface area contributed by atoms with E-state index in [1.165, 1.54) is 19.1 Å². The Kier molecular flexibility index (Phi) is 2.92. The number of benzene rings is 1. The Labute approximate surface area is 94.0 Å². The molecular formula is C12H15FN2O. The average Bonchev–Trinajstić information content (AvgIpc) is 2.38. The van der Waals surface area contributed by atoms with Gasteiger partial charge in [-0.1, -0.05) is 6.07 Å². The number of nitrogens with zero attached hydrogens (tertiary/aromatic N) is 1. The maximum absolute atomic E-state index is 13.1. The Bertz CT molecular complexity index is 419. The number of hydrogen-bond acceptors (Lipinski definition) is 2. The molecule has 0 radical (unpaired) electrons. The molecule has 4 heteroatoms. The van der Waals surface area contributed by atoms with Gasteiger partial charge in [-0.3, -0.25) is 4.79 Å². The largest absolute Gasteiger partial charge is 0.339 e. The average molecular weight is 222 g/mol. The van der Waals surface area contributed by atoms with Crippen molar-refractivity contribution in [3.8, 4) is 0 Å². The highest BCUT2D eigenvalue weighted by molar-refractivity contribution is 5.73. The second-order valence-corrected chi connectivity index (χ2v) is 4.18. The molecule has 86 valence electrons. The van der Waals surface area contributed by atoms with Crippen molar-refractivity contribution < 1.29 is 9.18 Å². The maximum Gasteiger partial charge on any atom is 0.219 e. The standard InChI is InChI=1S/C12H15FN2O/c1-8(16)15-5-4-12(14)11-3-2-10(13)6-9(11)7-15/h2-3,6,12H,4-5,7,14H2,1H3/t12-/m1/s1. The summed E-state index contributed by atoms with van der Waals surface area (Å²) in [5.41, 5.74) is 7.77. The topological polar surface area (TPSA) is 46.3 Å². The Morgan fingerprint density at radius 3 is 3.00 bits per heavy atom. The van der Waals surface area contributed by atoms with Crippen molar-refractivity contribution in [2.24, 2.45) is 5.73 Å². The fraction of sp³-hybridized carbons (Fsp3) is 0.417. The van der Waals surface area contributed by atoms with Crippen molar-refractivity contribution in [3.63, 3.8) is 0 Å². The Morgan fingerprint density at radius 2 is 2.31 bits per heavy atom. The highest BCUT2D eigenvalue weighted by atomic mass is 19.1. The van der Waals surface area contributed by atoms with Gasteiger partial charge in [-0.25, -0.2) is 4.39 Å². The van der Waals surface area contributed by atoms with E-state index in [2.05, 4.69) is 0 Å². The summed E-state index contributed by atoms with van der Waals surface area (Å²) in [5, 5.41) is 0. The zero-order valence-electron chi connectivity index (χ0n) is 9.24. The lowest BCUT2D eigenvalue weighted by atomic mass is 10.0. The summed E-state index contributed by atoms with van der Waals surface area (Å²) in [6.07, 6.45) is 0.720. The van der Waals surface area contributed by atoms with Crippen LogP contribution in [0.3, 0.4) is 0 Å². The van der Waals surface area contributed by atoms with Crippen LogP contribution in [0.5, 0.6) is 0 Å². The van der Waals surface area contributed by atoms with E-state index in [0.717, 1.165) is 17.5 Å². The minimum atomic E-state index is -0.281. The SMILES string of the molecule is CC(=O)N1CC[C@@H](N)c2ccc(F)cc2C1. The van der Waals surface area contributed by atoms with Crippen molar-refractivity contribution in [1.29, 1.82) is 0 Å².